The van der Waals surface area contributed by atoms with E-state index in [-0.39, 0.29) is 17.6 Å². The van der Waals surface area contributed by atoms with Gasteiger partial charge in [-0.05, 0) is 45.8 Å². The lowest BCUT2D eigenvalue weighted by atomic mass is 9.96. The highest BCUT2D eigenvalue weighted by molar-refractivity contribution is 9.10. The maximum Gasteiger partial charge on any atom is 0.404 e. The zero-order chi connectivity index (χ0) is 17.8. The number of carbonyl (C=O) groups is 1. The van der Waals surface area contributed by atoms with Gasteiger partial charge in [-0.15, -0.1) is 0 Å². The van der Waals surface area contributed by atoms with E-state index in [1.54, 1.807) is 24.5 Å². The van der Waals surface area contributed by atoms with Crippen LogP contribution in [0, 0.1) is 16.0 Å². The number of hydrogen-bond donors (Lipinski definition) is 1. The molecule has 0 saturated carbocycles. The van der Waals surface area contributed by atoms with Crippen molar-refractivity contribution in [2.75, 3.05) is 18.4 Å². The summed E-state index contributed by atoms with van der Waals surface area (Å²) in [5.74, 6) is 0.293. The number of nitrogens with one attached hydrogen (secondary N) is 1. The summed E-state index contributed by atoms with van der Waals surface area (Å²) in [6.07, 6.45) is 4.68. The highest BCUT2D eigenvalue weighted by Gasteiger charge is 2.27. The Hall–Kier alpha value is -2.33. The zero-order valence-electron chi connectivity index (χ0n) is 13.3. The Morgan fingerprint density at radius 2 is 2.16 bits per heavy atom. The summed E-state index contributed by atoms with van der Waals surface area (Å²) in [6.45, 7) is 1.91. The second-order valence-electron chi connectivity index (χ2n) is 5.84. The van der Waals surface area contributed by atoms with Gasteiger partial charge in [0.05, 0.1) is 11.3 Å². The van der Waals surface area contributed by atoms with E-state index in [0.717, 1.165) is 25.9 Å². The molecular weight excluding hydrogens is 392 g/mol. The number of nitro groups is 1. The molecule has 2 aromatic heterocycles. The van der Waals surface area contributed by atoms with E-state index >= 15 is 0 Å². The zero-order valence-corrected chi connectivity index (χ0v) is 14.9. The minimum Gasteiger partial charge on any atom is -0.358 e. The minimum absolute atomic E-state index is 0.0178. The maximum atomic E-state index is 12.3. The van der Waals surface area contributed by atoms with Crippen LogP contribution < -0.4 is 5.32 Å². The van der Waals surface area contributed by atoms with Crippen molar-refractivity contribution in [1.82, 2.24) is 19.7 Å². The monoisotopic (exact) mass is 408 g/mol. The van der Waals surface area contributed by atoms with Crippen LogP contribution in [-0.4, -0.2) is 43.6 Å². The number of aromatic nitrogens is 3. The van der Waals surface area contributed by atoms with E-state index in [2.05, 4.69) is 36.2 Å². The molecule has 0 radical (unpaired) electrons. The Labute approximate surface area is 152 Å². The Kier molecular flexibility index (Phi) is 5.39. The first-order valence-electron chi connectivity index (χ1n) is 7.84. The standard InChI is InChI=1S/C15H17BrN6O3/c16-12-9-21(19-14(12)22(24)25)10-20-7-4-11(5-8-20)15(23)18-13-3-1-2-6-17-13/h1-3,6,9,11H,4-5,7-8,10H2,(H,17,18,23). The fourth-order valence-electron chi connectivity index (χ4n) is 2.79. The lowest BCUT2D eigenvalue weighted by Crippen LogP contribution is -2.39. The summed E-state index contributed by atoms with van der Waals surface area (Å²) in [7, 11) is 0. The van der Waals surface area contributed by atoms with Gasteiger partial charge in [-0.25, -0.2) is 4.98 Å². The Morgan fingerprint density at radius 3 is 2.76 bits per heavy atom. The van der Waals surface area contributed by atoms with Crippen LogP contribution in [0.2, 0.25) is 0 Å². The molecule has 1 aliphatic rings. The van der Waals surface area contributed by atoms with Crippen molar-refractivity contribution in [2.24, 2.45) is 5.92 Å². The van der Waals surface area contributed by atoms with E-state index in [1.807, 2.05) is 6.07 Å². The van der Waals surface area contributed by atoms with Crippen molar-refractivity contribution >= 4 is 33.5 Å². The molecule has 132 valence electrons. The molecule has 1 aliphatic heterocycles. The van der Waals surface area contributed by atoms with Crippen LogP contribution in [0.25, 0.3) is 0 Å². The summed E-state index contributed by atoms with van der Waals surface area (Å²) >= 11 is 3.14. The second-order valence-corrected chi connectivity index (χ2v) is 6.69. The Bertz CT molecular complexity index is 758. The van der Waals surface area contributed by atoms with Gasteiger partial charge in [-0.2, -0.15) is 4.68 Å². The number of piperidine rings is 1. The van der Waals surface area contributed by atoms with E-state index in [1.165, 1.54) is 4.68 Å². The van der Waals surface area contributed by atoms with Gasteiger partial charge in [0.15, 0.2) is 0 Å². The van der Waals surface area contributed by atoms with Crippen LogP contribution in [0.1, 0.15) is 12.8 Å². The molecule has 0 atom stereocenters. The third-order valence-electron chi connectivity index (χ3n) is 4.09. The van der Waals surface area contributed by atoms with Gasteiger partial charge in [-0.3, -0.25) is 9.69 Å². The van der Waals surface area contributed by atoms with Gasteiger partial charge in [0, 0.05) is 25.2 Å². The topological polar surface area (TPSA) is 106 Å². The van der Waals surface area contributed by atoms with E-state index in [4.69, 9.17) is 0 Å². The third-order valence-corrected chi connectivity index (χ3v) is 4.65. The maximum absolute atomic E-state index is 12.3. The van der Waals surface area contributed by atoms with Crippen LogP contribution in [-0.2, 0) is 11.5 Å². The number of carbonyl (C=O) groups excluding carboxylic acids is 1. The Morgan fingerprint density at radius 1 is 1.40 bits per heavy atom. The molecule has 3 rings (SSSR count). The minimum atomic E-state index is -0.519. The number of likely N-dealkylation sites (tertiary alicyclic amines) is 1. The summed E-state index contributed by atoms with van der Waals surface area (Å²) in [4.78, 5) is 28.8. The summed E-state index contributed by atoms with van der Waals surface area (Å²) in [6, 6.07) is 5.38. The first-order chi connectivity index (χ1) is 12.0. The average Bonchev–Trinajstić information content (AvgIpc) is 2.97. The molecule has 0 bridgehead atoms. The summed E-state index contributed by atoms with van der Waals surface area (Å²) in [5.41, 5.74) is 0. The smallest absolute Gasteiger partial charge is 0.358 e. The predicted octanol–water partition coefficient (Wildman–Crippen LogP) is 2.26. The van der Waals surface area contributed by atoms with Crippen LogP contribution in [0.15, 0.2) is 35.1 Å². The highest BCUT2D eigenvalue weighted by atomic mass is 79.9. The van der Waals surface area contributed by atoms with Crippen molar-refractivity contribution in [3.63, 3.8) is 0 Å². The largest absolute Gasteiger partial charge is 0.404 e. The lowest BCUT2D eigenvalue weighted by molar-refractivity contribution is -0.390. The number of halogens is 1. The van der Waals surface area contributed by atoms with Crippen LogP contribution in [0.3, 0.4) is 0 Å². The quantitative estimate of drug-likeness (QED) is 0.600. The number of pyridine rings is 1. The molecule has 1 saturated heterocycles. The highest BCUT2D eigenvalue weighted by Crippen LogP contribution is 2.23. The molecule has 2 aromatic rings. The first-order valence-corrected chi connectivity index (χ1v) is 8.64. The molecule has 0 spiro atoms. The number of amides is 1. The van der Waals surface area contributed by atoms with Crippen molar-refractivity contribution in [1.29, 1.82) is 0 Å². The second kappa shape index (κ2) is 7.70. The van der Waals surface area contributed by atoms with Crippen LogP contribution in [0.4, 0.5) is 11.6 Å². The molecule has 25 heavy (non-hydrogen) atoms. The SMILES string of the molecule is O=C(Nc1ccccn1)C1CCN(Cn2cc(Br)c([N+](=O)[O-])n2)CC1. The van der Waals surface area contributed by atoms with Crippen molar-refractivity contribution in [3.8, 4) is 0 Å². The summed E-state index contributed by atoms with van der Waals surface area (Å²) in [5, 5.41) is 17.6. The van der Waals surface area contributed by atoms with Crippen LogP contribution in [0.5, 0.6) is 0 Å². The molecule has 0 aliphatic carbocycles. The molecule has 9 nitrogen and oxygen atoms in total. The predicted molar refractivity (Wildman–Crippen MR) is 93.7 cm³/mol. The number of hydrogen-bond acceptors (Lipinski definition) is 6. The molecule has 0 unspecified atom stereocenters. The van der Waals surface area contributed by atoms with Gasteiger partial charge >= 0.3 is 5.82 Å². The molecule has 1 amide bonds. The molecule has 1 N–H and O–H groups in total. The van der Waals surface area contributed by atoms with Gasteiger partial charge in [-0.1, -0.05) is 6.07 Å². The fourth-order valence-corrected chi connectivity index (χ4v) is 3.25. The lowest BCUT2D eigenvalue weighted by Gasteiger charge is -2.30. The van der Waals surface area contributed by atoms with E-state index < -0.39 is 4.92 Å². The normalized spacial score (nSPS) is 15.9. The van der Waals surface area contributed by atoms with E-state index in [0.29, 0.717) is 17.0 Å². The van der Waals surface area contributed by atoms with Crippen molar-refractivity contribution in [2.45, 2.75) is 19.5 Å². The van der Waals surface area contributed by atoms with Gasteiger partial charge in [0.2, 0.25) is 5.91 Å². The van der Waals surface area contributed by atoms with Crippen molar-refractivity contribution < 1.29 is 9.72 Å². The van der Waals surface area contributed by atoms with Crippen molar-refractivity contribution in [3.05, 3.63) is 45.2 Å². The average molecular weight is 409 g/mol. The molecule has 10 heteroatoms. The molecule has 0 aromatic carbocycles. The van der Waals surface area contributed by atoms with Gasteiger partial charge in [0.1, 0.15) is 17.0 Å². The number of nitrogens with zero attached hydrogens (tertiary/aromatic N) is 5. The number of rotatable bonds is 5. The third kappa shape index (κ3) is 4.40. The first kappa shape index (κ1) is 17.5. The van der Waals surface area contributed by atoms with Gasteiger partial charge in [0.25, 0.3) is 0 Å². The number of anilines is 1. The molecule has 3 heterocycles. The summed E-state index contributed by atoms with van der Waals surface area (Å²) < 4.78 is 1.90. The van der Waals surface area contributed by atoms with E-state index in [9.17, 15) is 14.9 Å². The van der Waals surface area contributed by atoms with Gasteiger partial charge < -0.3 is 15.4 Å². The molecular formula is C15H17BrN6O3. The van der Waals surface area contributed by atoms with Crippen LogP contribution >= 0.6 is 15.9 Å². The Balaban J connectivity index is 1.51. The molecule has 1 fully saturated rings. The fraction of sp³-hybridized carbons (Fsp3) is 0.400.